The Labute approximate surface area is 97.5 Å². The van der Waals surface area contributed by atoms with Crippen LogP contribution in [0.3, 0.4) is 0 Å². The molecule has 16 heavy (non-hydrogen) atoms. The third kappa shape index (κ3) is 3.04. The number of hydrogen-bond donors (Lipinski definition) is 1. The van der Waals surface area contributed by atoms with E-state index in [9.17, 15) is 0 Å². The summed E-state index contributed by atoms with van der Waals surface area (Å²) in [6.07, 6.45) is 8.63. The number of hydrogen-bond acceptors (Lipinski definition) is 3. The minimum Gasteiger partial charge on any atom is -0.307 e. The molecule has 1 aliphatic rings. The summed E-state index contributed by atoms with van der Waals surface area (Å²) in [6.45, 7) is 3.10. The van der Waals surface area contributed by atoms with Crippen LogP contribution >= 0.6 is 0 Å². The van der Waals surface area contributed by atoms with Gasteiger partial charge in [0.15, 0.2) is 0 Å². The molecule has 1 fully saturated rings. The van der Waals surface area contributed by atoms with Crippen molar-refractivity contribution in [2.75, 3.05) is 0 Å². The van der Waals surface area contributed by atoms with Gasteiger partial charge >= 0.3 is 0 Å². The Morgan fingerprint density at radius 2 is 2.25 bits per heavy atom. The van der Waals surface area contributed by atoms with Gasteiger partial charge in [0.25, 0.3) is 0 Å². The first-order valence-corrected chi connectivity index (χ1v) is 6.32. The van der Waals surface area contributed by atoms with Crippen molar-refractivity contribution in [2.45, 2.75) is 51.6 Å². The number of aryl methyl sites for hydroxylation is 1. The SMILES string of the molecule is CC(CC1CCCC1)NCc1ncnn1C. The maximum atomic E-state index is 4.21. The number of aromatic nitrogens is 3. The van der Waals surface area contributed by atoms with Crippen LogP contribution in [0.5, 0.6) is 0 Å². The maximum Gasteiger partial charge on any atom is 0.140 e. The largest absolute Gasteiger partial charge is 0.307 e. The van der Waals surface area contributed by atoms with Gasteiger partial charge in [-0.3, -0.25) is 4.68 Å². The molecule has 1 aromatic rings. The van der Waals surface area contributed by atoms with Gasteiger partial charge in [0.1, 0.15) is 12.2 Å². The Morgan fingerprint density at radius 1 is 1.50 bits per heavy atom. The van der Waals surface area contributed by atoms with Gasteiger partial charge in [-0.25, -0.2) is 4.98 Å². The van der Waals surface area contributed by atoms with Crippen molar-refractivity contribution in [1.29, 1.82) is 0 Å². The quantitative estimate of drug-likeness (QED) is 0.827. The van der Waals surface area contributed by atoms with Gasteiger partial charge in [-0.15, -0.1) is 0 Å². The third-order valence-electron chi connectivity index (χ3n) is 3.58. The fraction of sp³-hybridized carbons (Fsp3) is 0.833. The van der Waals surface area contributed by atoms with E-state index in [-0.39, 0.29) is 0 Å². The summed E-state index contributed by atoms with van der Waals surface area (Å²) in [5, 5.41) is 7.59. The topological polar surface area (TPSA) is 42.7 Å². The summed E-state index contributed by atoms with van der Waals surface area (Å²) >= 11 is 0. The predicted octanol–water partition coefficient (Wildman–Crippen LogP) is 1.87. The van der Waals surface area contributed by atoms with Crippen LogP contribution in [0.25, 0.3) is 0 Å². The highest BCUT2D eigenvalue weighted by molar-refractivity contribution is 4.83. The molecule has 1 unspecified atom stereocenters. The van der Waals surface area contributed by atoms with Crippen molar-refractivity contribution in [2.24, 2.45) is 13.0 Å². The third-order valence-corrected chi connectivity index (χ3v) is 3.58. The Morgan fingerprint density at radius 3 is 2.88 bits per heavy atom. The first kappa shape index (κ1) is 11.6. The van der Waals surface area contributed by atoms with E-state index in [2.05, 4.69) is 22.3 Å². The average Bonchev–Trinajstić information content (AvgIpc) is 2.87. The Hall–Kier alpha value is -0.900. The highest BCUT2D eigenvalue weighted by Crippen LogP contribution is 2.28. The summed E-state index contributed by atoms with van der Waals surface area (Å²) in [7, 11) is 1.94. The molecule has 4 nitrogen and oxygen atoms in total. The summed E-state index contributed by atoms with van der Waals surface area (Å²) in [4.78, 5) is 4.21. The van der Waals surface area contributed by atoms with Gasteiger partial charge in [-0.1, -0.05) is 25.7 Å². The van der Waals surface area contributed by atoms with Gasteiger partial charge in [0.2, 0.25) is 0 Å². The number of nitrogens with zero attached hydrogens (tertiary/aromatic N) is 3. The first-order chi connectivity index (χ1) is 7.75. The van der Waals surface area contributed by atoms with E-state index in [1.165, 1.54) is 32.1 Å². The van der Waals surface area contributed by atoms with E-state index in [1.807, 2.05) is 11.7 Å². The molecule has 1 atom stereocenters. The lowest BCUT2D eigenvalue weighted by Gasteiger charge is -2.17. The maximum absolute atomic E-state index is 4.21. The molecule has 0 amide bonds. The molecule has 0 aliphatic heterocycles. The Bertz CT molecular complexity index is 315. The lowest BCUT2D eigenvalue weighted by atomic mass is 9.99. The van der Waals surface area contributed by atoms with E-state index in [0.29, 0.717) is 6.04 Å². The van der Waals surface area contributed by atoms with Crippen molar-refractivity contribution in [3.8, 4) is 0 Å². The van der Waals surface area contributed by atoms with Crippen LogP contribution in [-0.4, -0.2) is 20.8 Å². The van der Waals surface area contributed by atoms with Crippen molar-refractivity contribution in [1.82, 2.24) is 20.1 Å². The smallest absolute Gasteiger partial charge is 0.140 e. The van der Waals surface area contributed by atoms with Crippen LogP contribution in [0.2, 0.25) is 0 Å². The fourth-order valence-electron chi connectivity index (χ4n) is 2.58. The van der Waals surface area contributed by atoms with Crippen molar-refractivity contribution in [3.63, 3.8) is 0 Å². The second-order valence-corrected chi connectivity index (χ2v) is 4.97. The molecule has 0 aromatic carbocycles. The first-order valence-electron chi connectivity index (χ1n) is 6.32. The van der Waals surface area contributed by atoms with Crippen LogP contribution in [0.15, 0.2) is 6.33 Å². The molecule has 1 aromatic heterocycles. The van der Waals surface area contributed by atoms with E-state index < -0.39 is 0 Å². The predicted molar refractivity (Wildman–Crippen MR) is 63.9 cm³/mol. The van der Waals surface area contributed by atoms with E-state index in [0.717, 1.165) is 18.3 Å². The van der Waals surface area contributed by atoms with Crippen LogP contribution in [-0.2, 0) is 13.6 Å². The molecule has 1 aliphatic carbocycles. The van der Waals surface area contributed by atoms with Gasteiger partial charge in [-0.05, 0) is 19.3 Å². The van der Waals surface area contributed by atoms with Crippen LogP contribution in [0.1, 0.15) is 44.9 Å². The molecule has 0 saturated heterocycles. The highest BCUT2D eigenvalue weighted by atomic mass is 15.3. The van der Waals surface area contributed by atoms with E-state index in [4.69, 9.17) is 0 Å². The molecule has 90 valence electrons. The lowest BCUT2D eigenvalue weighted by Crippen LogP contribution is -2.28. The Balaban J connectivity index is 1.71. The summed E-state index contributed by atoms with van der Waals surface area (Å²) in [5.41, 5.74) is 0. The molecule has 4 heteroatoms. The van der Waals surface area contributed by atoms with Gasteiger partial charge in [0.05, 0.1) is 6.54 Å². The molecule has 2 rings (SSSR count). The summed E-state index contributed by atoms with van der Waals surface area (Å²) in [6, 6.07) is 0.583. The van der Waals surface area contributed by atoms with Crippen LogP contribution in [0, 0.1) is 5.92 Å². The summed E-state index contributed by atoms with van der Waals surface area (Å²) < 4.78 is 1.83. The van der Waals surface area contributed by atoms with Gasteiger partial charge in [-0.2, -0.15) is 5.10 Å². The minimum atomic E-state index is 0.583. The molecular formula is C12H22N4. The normalized spacial score (nSPS) is 19.1. The molecule has 0 bridgehead atoms. The molecule has 1 saturated carbocycles. The van der Waals surface area contributed by atoms with Gasteiger partial charge < -0.3 is 5.32 Å². The highest BCUT2D eigenvalue weighted by Gasteiger charge is 2.17. The molecule has 1 N–H and O–H groups in total. The zero-order valence-corrected chi connectivity index (χ0v) is 10.3. The average molecular weight is 222 g/mol. The monoisotopic (exact) mass is 222 g/mol. The zero-order valence-electron chi connectivity index (χ0n) is 10.3. The van der Waals surface area contributed by atoms with Crippen LogP contribution < -0.4 is 5.32 Å². The summed E-state index contributed by atoms with van der Waals surface area (Å²) in [5.74, 6) is 1.96. The second-order valence-electron chi connectivity index (χ2n) is 4.97. The standard InChI is InChI=1S/C12H22N4/c1-10(7-11-5-3-4-6-11)13-8-12-14-9-15-16(12)2/h9-11,13H,3-8H2,1-2H3. The van der Waals surface area contributed by atoms with Gasteiger partial charge in [0, 0.05) is 13.1 Å². The molecule has 1 heterocycles. The van der Waals surface area contributed by atoms with Crippen molar-refractivity contribution < 1.29 is 0 Å². The molecular weight excluding hydrogens is 200 g/mol. The van der Waals surface area contributed by atoms with E-state index >= 15 is 0 Å². The second kappa shape index (κ2) is 5.43. The Kier molecular flexibility index (Phi) is 3.93. The van der Waals surface area contributed by atoms with Crippen molar-refractivity contribution in [3.05, 3.63) is 12.2 Å². The zero-order chi connectivity index (χ0) is 11.4. The number of rotatable bonds is 5. The molecule has 0 spiro atoms. The lowest BCUT2D eigenvalue weighted by molar-refractivity contribution is 0.399. The molecule has 0 radical (unpaired) electrons. The van der Waals surface area contributed by atoms with Crippen molar-refractivity contribution >= 4 is 0 Å². The fourth-order valence-corrected chi connectivity index (χ4v) is 2.58. The minimum absolute atomic E-state index is 0.583. The van der Waals surface area contributed by atoms with E-state index in [1.54, 1.807) is 6.33 Å². The number of nitrogens with one attached hydrogen (secondary N) is 1. The van der Waals surface area contributed by atoms with Crippen LogP contribution in [0.4, 0.5) is 0 Å².